The third-order valence-corrected chi connectivity index (χ3v) is 15.4. The molecule has 0 aromatic heterocycles. The van der Waals surface area contributed by atoms with Gasteiger partial charge in [-0.3, -0.25) is 0 Å². The SMILES string of the molecule is CC1C=CC2(C)C3=C1C(C)C1=C(C(C)(C)c4ccccc41)C3(C)N(c1ccc(-c3ccc(-c4cccc5cccc(-c6ccc(C(C)(C)C)cc6)c45)cc3)cc1)c1ccccc12. The lowest BCUT2D eigenvalue weighted by atomic mass is 9.51. The van der Waals surface area contributed by atoms with Crippen LogP contribution in [-0.2, 0) is 16.2 Å². The van der Waals surface area contributed by atoms with Gasteiger partial charge in [-0.25, -0.2) is 0 Å². The van der Waals surface area contributed by atoms with Crippen LogP contribution in [0.3, 0.4) is 0 Å². The molecule has 1 heteroatoms. The van der Waals surface area contributed by atoms with Crippen molar-refractivity contribution in [3.8, 4) is 33.4 Å². The molecule has 4 unspecified atom stereocenters. The number of benzene rings is 7. The normalized spacial score (nSPS) is 23.3. The van der Waals surface area contributed by atoms with E-state index in [1.165, 1.54) is 83.4 Å². The van der Waals surface area contributed by atoms with E-state index in [1.807, 2.05) is 0 Å². The van der Waals surface area contributed by atoms with E-state index in [4.69, 9.17) is 0 Å². The Morgan fingerprint density at radius 1 is 0.516 bits per heavy atom. The van der Waals surface area contributed by atoms with Gasteiger partial charge in [0.2, 0.25) is 0 Å². The zero-order chi connectivity index (χ0) is 42.9. The molecule has 0 saturated carbocycles. The van der Waals surface area contributed by atoms with Crippen LogP contribution in [0.25, 0.3) is 49.7 Å². The van der Waals surface area contributed by atoms with Crippen LogP contribution in [0.2, 0.25) is 0 Å². The third-order valence-electron chi connectivity index (χ3n) is 15.4. The molecule has 11 rings (SSSR count). The van der Waals surface area contributed by atoms with Gasteiger partial charge < -0.3 is 4.90 Å². The monoisotopic (exact) mass is 803 g/mol. The quantitative estimate of drug-likeness (QED) is 0.160. The molecule has 0 radical (unpaired) electrons. The second-order valence-corrected chi connectivity index (χ2v) is 20.4. The Balaban J connectivity index is 1.01. The fourth-order valence-electron chi connectivity index (χ4n) is 12.7. The minimum absolute atomic E-state index is 0.118. The molecule has 62 heavy (non-hydrogen) atoms. The van der Waals surface area contributed by atoms with Crippen molar-refractivity contribution in [2.24, 2.45) is 11.8 Å². The molecule has 0 fully saturated rings. The average Bonchev–Trinajstić information content (AvgIpc) is 3.53. The van der Waals surface area contributed by atoms with Gasteiger partial charge in [-0.1, -0.05) is 206 Å². The minimum atomic E-state index is -0.392. The number of fused-ring (bicyclic) bond motifs is 6. The van der Waals surface area contributed by atoms with Gasteiger partial charge >= 0.3 is 0 Å². The van der Waals surface area contributed by atoms with Crippen LogP contribution in [0.15, 0.2) is 187 Å². The highest BCUT2D eigenvalue weighted by Gasteiger charge is 2.62. The van der Waals surface area contributed by atoms with Gasteiger partial charge in [-0.05, 0) is 127 Å². The maximum Gasteiger partial charge on any atom is 0.0876 e. The number of anilines is 2. The zero-order valence-electron chi connectivity index (χ0n) is 37.8. The number of rotatable bonds is 4. The highest BCUT2D eigenvalue weighted by Crippen LogP contribution is 2.68. The minimum Gasteiger partial charge on any atom is -0.328 e. The molecule has 3 aliphatic carbocycles. The summed E-state index contributed by atoms with van der Waals surface area (Å²) in [5.41, 5.74) is 21.2. The van der Waals surface area contributed by atoms with Crippen LogP contribution < -0.4 is 4.90 Å². The molecule has 4 aliphatic rings. The van der Waals surface area contributed by atoms with Crippen LogP contribution in [0, 0.1) is 11.8 Å². The Kier molecular flexibility index (Phi) is 8.37. The molecular formula is C61H57N. The van der Waals surface area contributed by atoms with E-state index in [0.717, 1.165) is 0 Å². The second-order valence-electron chi connectivity index (χ2n) is 20.4. The largest absolute Gasteiger partial charge is 0.328 e. The van der Waals surface area contributed by atoms with Crippen LogP contribution in [0.4, 0.5) is 11.4 Å². The fourth-order valence-corrected chi connectivity index (χ4v) is 12.7. The van der Waals surface area contributed by atoms with Crippen LogP contribution in [-0.4, -0.2) is 5.54 Å². The summed E-state index contributed by atoms with van der Waals surface area (Å²) in [5.74, 6) is 0.684. The lowest BCUT2D eigenvalue weighted by Crippen LogP contribution is -2.60. The summed E-state index contributed by atoms with van der Waals surface area (Å²) < 4.78 is 0. The molecule has 0 saturated heterocycles. The highest BCUT2D eigenvalue weighted by atomic mass is 15.2. The Morgan fingerprint density at radius 3 is 1.68 bits per heavy atom. The van der Waals surface area contributed by atoms with Crippen molar-refractivity contribution in [1.82, 2.24) is 0 Å². The van der Waals surface area contributed by atoms with E-state index in [2.05, 4.69) is 237 Å². The van der Waals surface area contributed by atoms with Gasteiger partial charge in [0, 0.05) is 28.1 Å². The first kappa shape index (κ1) is 38.7. The molecule has 0 spiro atoms. The predicted octanol–water partition coefficient (Wildman–Crippen LogP) is 16.2. The van der Waals surface area contributed by atoms with Gasteiger partial charge in [0.1, 0.15) is 0 Å². The van der Waals surface area contributed by atoms with E-state index in [1.54, 1.807) is 16.7 Å². The van der Waals surface area contributed by atoms with Crippen molar-refractivity contribution < 1.29 is 0 Å². The van der Waals surface area contributed by atoms with E-state index in [9.17, 15) is 0 Å². The fraction of sp³-hybridized carbons (Fsp3) is 0.246. The number of hydrogen-bond acceptors (Lipinski definition) is 1. The molecule has 0 bridgehead atoms. The molecule has 7 aromatic rings. The maximum atomic E-state index is 2.72. The Morgan fingerprint density at radius 2 is 1.05 bits per heavy atom. The summed E-state index contributed by atoms with van der Waals surface area (Å²) >= 11 is 0. The summed E-state index contributed by atoms with van der Waals surface area (Å²) in [4.78, 5) is 2.72. The zero-order valence-corrected chi connectivity index (χ0v) is 37.8. The van der Waals surface area contributed by atoms with Crippen LogP contribution >= 0.6 is 0 Å². The summed E-state index contributed by atoms with van der Waals surface area (Å²) in [5, 5.41) is 2.56. The highest BCUT2D eigenvalue weighted by molar-refractivity contribution is 6.06. The molecule has 306 valence electrons. The topological polar surface area (TPSA) is 3.24 Å². The second kappa shape index (κ2) is 13.4. The van der Waals surface area contributed by atoms with Crippen molar-refractivity contribution in [1.29, 1.82) is 0 Å². The predicted molar refractivity (Wildman–Crippen MR) is 264 cm³/mol. The van der Waals surface area contributed by atoms with Gasteiger partial charge in [0.05, 0.1) is 5.54 Å². The number of hydrogen-bond donors (Lipinski definition) is 0. The third kappa shape index (κ3) is 5.33. The number of allylic oxidation sites excluding steroid dienone is 4. The average molecular weight is 804 g/mol. The van der Waals surface area contributed by atoms with Crippen molar-refractivity contribution in [2.45, 2.75) is 84.1 Å². The van der Waals surface area contributed by atoms with E-state index in [0.29, 0.717) is 11.8 Å². The van der Waals surface area contributed by atoms with Crippen LogP contribution in [0.5, 0.6) is 0 Å². The van der Waals surface area contributed by atoms with Crippen molar-refractivity contribution in [3.05, 3.63) is 209 Å². The van der Waals surface area contributed by atoms with Gasteiger partial charge in [0.25, 0.3) is 0 Å². The smallest absolute Gasteiger partial charge is 0.0876 e. The van der Waals surface area contributed by atoms with Gasteiger partial charge in [-0.2, -0.15) is 0 Å². The van der Waals surface area contributed by atoms with Crippen molar-refractivity contribution >= 4 is 27.7 Å². The molecule has 1 nitrogen and oxygen atoms in total. The number of nitrogens with zero attached hydrogens (tertiary/aromatic N) is 1. The molecule has 1 aliphatic heterocycles. The Hall–Kier alpha value is -6.18. The molecular weight excluding hydrogens is 747 g/mol. The molecule has 0 amide bonds. The Labute approximate surface area is 369 Å². The lowest BCUT2D eigenvalue weighted by molar-refractivity contribution is 0.409. The first-order valence-electron chi connectivity index (χ1n) is 22.8. The summed E-state index contributed by atoms with van der Waals surface area (Å²) in [6.45, 7) is 21.7. The van der Waals surface area contributed by atoms with Gasteiger partial charge in [-0.15, -0.1) is 0 Å². The Bertz CT molecular complexity index is 3050. The summed E-state index contributed by atoms with van der Waals surface area (Å²) in [7, 11) is 0. The lowest BCUT2D eigenvalue weighted by Gasteiger charge is -2.62. The number of para-hydroxylation sites is 1. The maximum absolute atomic E-state index is 2.72. The molecule has 4 atom stereocenters. The molecule has 0 N–H and O–H groups in total. The van der Waals surface area contributed by atoms with Crippen molar-refractivity contribution in [3.63, 3.8) is 0 Å². The first-order chi connectivity index (χ1) is 29.7. The molecule has 7 aromatic carbocycles. The van der Waals surface area contributed by atoms with E-state index >= 15 is 0 Å². The van der Waals surface area contributed by atoms with Crippen LogP contribution in [0.1, 0.15) is 84.6 Å². The standard InChI is InChI=1S/C61H57N/c1-38-36-37-60(8)51-22-12-13-23-52(51)62(61(9)56-54(39(2)53(38)57(60)61)49-18-10-11-21-50(49)59(56,6)7)46-34-30-41(31-35-46)40-24-26-42(27-25-40)47-19-14-16-44-17-15-20-48(55(44)47)43-28-32-45(33-29-43)58(3,4)5/h10-39H,1-9H3. The first-order valence-corrected chi connectivity index (χ1v) is 22.8. The van der Waals surface area contributed by atoms with Gasteiger partial charge in [0.15, 0.2) is 0 Å². The summed E-state index contributed by atoms with van der Waals surface area (Å²) in [6.07, 6.45) is 5.03. The summed E-state index contributed by atoms with van der Waals surface area (Å²) in [6, 6.07) is 59.7. The van der Waals surface area contributed by atoms with Crippen molar-refractivity contribution in [2.75, 3.05) is 4.90 Å². The van der Waals surface area contributed by atoms with E-state index in [-0.39, 0.29) is 16.2 Å². The van der Waals surface area contributed by atoms with E-state index < -0.39 is 5.54 Å². The molecule has 1 heterocycles.